The molecule has 50 heavy (non-hydrogen) atoms. The predicted octanol–water partition coefficient (Wildman–Crippen LogP) is 4.13. The first-order chi connectivity index (χ1) is 24.6. The second-order valence-electron chi connectivity index (χ2n) is 11.5. The van der Waals surface area contributed by atoms with Crippen molar-refractivity contribution in [1.29, 1.82) is 5.26 Å². The van der Waals surface area contributed by atoms with Gasteiger partial charge < -0.3 is 15.2 Å². The molecule has 13 nitrogen and oxygen atoms in total. The molecule has 0 saturated carbocycles. The number of nitrogens with two attached hydrogens (primary N) is 1. The van der Waals surface area contributed by atoms with E-state index in [0.29, 0.717) is 35.4 Å². The van der Waals surface area contributed by atoms with Gasteiger partial charge in [-0.25, -0.2) is 25.0 Å². The number of nitrogen functional groups attached to an aromatic ring is 1. The molecule has 4 aromatic carbocycles. The Kier molecular flexibility index (Phi) is 9.04. The molecule has 13 heteroatoms. The lowest BCUT2D eigenvalue weighted by Gasteiger charge is -2.40. The number of carbonyl (C=O) groups is 1. The second-order valence-corrected chi connectivity index (χ2v) is 11.5. The molecule has 0 bridgehead atoms. The van der Waals surface area contributed by atoms with Crippen LogP contribution in [0, 0.1) is 11.3 Å². The zero-order chi connectivity index (χ0) is 34.4. The van der Waals surface area contributed by atoms with E-state index in [9.17, 15) is 10.1 Å². The Bertz CT molecular complexity index is 2080. The quantitative estimate of drug-likeness (QED) is 0.0881. The zero-order valence-corrected chi connectivity index (χ0v) is 26.7. The van der Waals surface area contributed by atoms with Crippen LogP contribution < -0.4 is 11.2 Å². The highest BCUT2D eigenvalue weighted by molar-refractivity contribution is 5.92. The molecule has 2 atom stereocenters. The summed E-state index contributed by atoms with van der Waals surface area (Å²) in [7, 11) is 0. The number of nitrogens with one attached hydrogen (secondary N) is 1. The van der Waals surface area contributed by atoms with Crippen LogP contribution in [0.5, 0.6) is 0 Å². The third kappa shape index (κ3) is 5.84. The lowest BCUT2D eigenvalue weighted by molar-refractivity contribution is -0.268. The van der Waals surface area contributed by atoms with E-state index in [1.54, 1.807) is 28.9 Å². The van der Waals surface area contributed by atoms with Crippen molar-refractivity contribution in [3.63, 3.8) is 0 Å². The highest BCUT2D eigenvalue weighted by Crippen LogP contribution is 2.46. The normalized spacial score (nSPS) is 15.5. The van der Waals surface area contributed by atoms with Gasteiger partial charge in [-0.1, -0.05) is 91.0 Å². The van der Waals surface area contributed by atoms with E-state index in [1.165, 1.54) is 18.7 Å². The molecule has 1 aliphatic heterocycles. The maximum Gasteiger partial charge on any atom is 0.283 e. The number of ether oxygens (including phenoxy) is 2. The van der Waals surface area contributed by atoms with Crippen LogP contribution in [0.3, 0.4) is 0 Å². The summed E-state index contributed by atoms with van der Waals surface area (Å²) in [6, 6.07) is 35.7. The van der Waals surface area contributed by atoms with Crippen LogP contribution in [-0.4, -0.2) is 55.4 Å². The average molecular weight is 666 g/mol. The standard InChI is InChI=1S/C37H31N9O4/c38-21-26-10-9-15-30(20-26)37(49-31-18-19-48-24-31,50-43-34(47)27-22-40-25-41-23-27)35-42-44-45-46(35)36(28-11-3-1-4-12-28,29-13-5-2-6-14-29)32-16-7-8-17-33(32)39/h1-17,20,22-23,25,31H,18-19,24,39H2,(H,43,47)/t31-,37?/m0/s1. The van der Waals surface area contributed by atoms with Crippen LogP contribution in [-0.2, 0) is 25.6 Å². The van der Waals surface area contributed by atoms with Crippen LogP contribution in [0.1, 0.15) is 50.4 Å². The molecular weight excluding hydrogens is 634 g/mol. The molecule has 0 aliphatic carbocycles. The van der Waals surface area contributed by atoms with Crippen molar-refractivity contribution in [2.24, 2.45) is 0 Å². The Balaban J connectivity index is 1.55. The number of nitriles is 1. The lowest BCUT2D eigenvalue weighted by Crippen LogP contribution is -2.49. The average Bonchev–Trinajstić information content (AvgIpc) is 3.89. The number of carbonyl (C=O) groups excluding carboxylic acids is 1. The first-order valence-electron chi connectivity index (χ1n) is 15.8. The third-order valence-electron chi connectivity index (χ3n) is 8.52. The van der Waals surface area contributed by atoms with E-state index in [-0.39, 0.29) is 18.0 Å². The van der Waals surface area contributed by atoms with Crippen LogP contribution in [0.25, 0.3) is 0 Å². The molecule has 2 aromatic heterocycles. The van der Waals surface area contributed by atoms with Gasteiger partial charge >= 0.3 is 0 Å². The highest BCUT2D eigenvalue weighted by atomic mass is 16.8. The number of tetrazole rings is 1. The van der Waals surface area contributed by atoms with E-state index >= 15 is 0 Å². The Labute approximate surface area is 287 Å². The van der Waals surface area contributed by atoms with Gasteiger partial charge in [0.15, 0.2) is 0 Å². The topological polar surface area (TPSA) is 176 Å². The molecule has 6 aromatic rings. The van der Waals surface area contributed by atoms with Crippen LogP contribution in [0.4, 0.5) is 5.69 Å². The summed E-state index contributed by atoms with van der Waals surface area (Å²) in [5.74, 6) is -2.67. The number of amides is 1. The summed E-state index contributed by atoms with van der Waals surface area (Å²) in [4.78, 5) is 27.9. The third-order valence-corrected chi connectivity index (χ3v) is 8.52. The monoisotopic (exact) mass is 665 g/mol. The molecule has 248 valence electrons. The Hall–Kier alpha value is -6.33. The van der Waals surface area contributed by atoms with Crippen molar-refractivity contribution in [3.8, 4) is 6.07 Å². The summed E-state index contributed by atoms with van der Waals surface area (Å²) in [6.07, 6.45) is 4.02. The van der Waals surface area contributed by atoms with Crippen molar-refractivity contribution in [1.82, 2.24) is 35.7 Å². The van der Waals surface area contributed by atoms with Gasteiger partial charge in [0.2, 0.25) is 5.82 Å². The van der Waals surface area contributed by atoms with Crippen LogP contribution in [0.2, 0.25) is 0 Å². The van der Waals surface area contributed by atoms with E-state index in [4.69, 9.17) is 20.0 Å². The summed E-state index contributed by atoms with van der Waals surface area (Å²) in [5, 5.41) is 23.5. The molecule has 3 heterocycles. The summed E-state index contributed by atoms with van der Waals surface area (Å²) in [5.41, 5.74) is 11.5. The lowest BCUT2D eigenvalue weighted by atomic mass is 9.76. The number of anilines is 1. The van der Waals surface area contributed by atoms with Crippen molar-refractivity contribution in [2.45, 2.75) is 23.9 Å². The van der Waals surface area contributed by atoms with E-state index in [0.717, 1.165) is 11.1 Å². The van der Waals surface area contributed by atoms with Gasteiger partial charge in [0.05, 0.1) is 29.9 Å². The molecular formula is C37H31N9O4. The Morgan fingerprint density at radius 3 is 2.26 bits per heavy atom. The summed E-state index contributed by atoms with van der Waals surface area (Å²) >= 11 is 0. The van der Waals surface area contributed by atoms with Crippen LogP contribution >= 0.6 is 0 Å². The fourth-order valence-corrected chi connectivity index (χ4v) is 6.25. The zero-order valence-electron chi connectivity index (χ0n) is 26.7. The predicted molar refractivity (Wildman–Crippen MR) is 180 cm³/mol. The molecule has 0 radical (unpaired) electrons. The minimum atomic E-state index is -2.06. The molecule has 7 rings (SSSR count). The fourth-order valence-electron chi connectivity index (χ4n) is 6.25. The number of nitrogens with zero attached hydrogens (tertiary/aromatic N) is 7. The molecule has 1 unspecified atom stereocenters. The number of hydrogen-bond donors (Lipinski definition) is 2. The number of hydroxylamine groups is 1. The van der Waals surface area contributed by atoms with Gasteiger partial charge in [-0.05, 0) is 46.2 Å². The van der Waals surface area contributed by atoms with Crippen molar-refractivity contribution in [2.75, 3.05) is 18.9 Å². The maximum absolute atomic E-state index is 13.5. The minimum absolute atomic E-state index is 0.0417. The number of benzene rings is 4. The van der Waals surface area contributed by atoms with Gasteiger partial charge in [0.25, 0.3) is 11.7 Å². The molecule has 3 N–H and O–H groups in total. The maximum atomic E-state index is 13.5. The molecule has 0 spiro atoms. The van der Waals surface area contributed by atoms with Gasteiger partial charge in [0.1, 0.15) is 11.9 Å². The summed E-state index contributed by atoms with van der Waals surface area (Å²) < 4.78 is 14.2. The molecule has 1 aliphatic rings. The molecule has 1 amide bonds. The van der Waals surface area contributed by atoms with Crippen molar-refractivity contribution < 1.29 is 19.1 Å². The first kappa shape index (κ1) is 32.2. The van der Waals surface area contributed by atoms with Gasteiger partial charge in [0, 0.05) is 35.8 Å². The fraction of sp³-hybridized carbons (Fsp3) is 0.162. The Morgan fingerprint density at radius 1 is 0.920 bits per heavy atom. The number of aromatic nitrogens is 6. The SMILES string of the molecule is N#Cc1cccc(C(ONC(=O)c2cncnc2)(O[C@H]2CCOC2)c2nnnn2C(c2ccccc2)(c2ccccc2)c2ccccc2N)c1. The second kappa shape index (κ2) is 14.0. The Morgan fingerprint density at radius 2 is 1.60 bits per heavy atom. The van der Waals surface area contributed by atoms with E-state index in [1.807, 2.05) is 84.9 Å². The smallest absolute Gasteiger partial charge is 0.283 e. The largest absolute Gasteiger partial charge is 0.398 e. The molecule has 1 fully saturated rings. The highest BCUT2D eigenvalue weighted by Gasteiger charge is 2.52. The van der Waals surface area contributed by atoms with Gasteiger partial charge in [-0.15, -0.1) is 5.10 Å². The number of rotatable bonds is 11. The first-order valence-corrected chi connectivity index (χ1v) is 15.8. The van der Waals surface area contributed by atoms with Crippen molar-refractivity contribution in [3.05, 3.63) is 167 Å². The van der Waals surface area contributed by atoms with E-state index < -0.39 is 23.3 Å². The van der Waals surface area contributed by atoms with Gasteiger partial charge in [-0.3, -0.25) is 4.79 Å². The van der Waals surface area contributed by atoms with Gasteiger partial charge in [-0.2, -0.15) is 5.26 Å². The number of para-hydroxylation sites is 1. The number of hydrogen-bond acceptors (Lipinski definition) is 11. The summed E-state index contributed by atoms with van der Waals surface area (Å²) in [6.45, 7) is 0.676. The van der Waals surface area contributed by atoms with E-state index in [2.05, 4.69) is 37.0 Å². The van der Waals surface area contributed by atoms with Crippen LogP contribution in [0.15, 0.2) is 128 Å². The minimum Gasteiger partial charge on any atom is -0.398 e. The van der Waals surface area contributed by atoms with Crippen molar-refractivity contribution >= 4 is 11.6 Å². The molecule has 1 saturated heterocycles.